The molecule has 0 unspecified atom stereocenters. The number of hydrogen-bond acceptors (Lipinski definition) is 2. The molecule has 2 nitrogen and oxygen atoms in total. The van der Waals surface area contributed by atoms with E-state index < -0.39 is 0 Å². The van der Waals surface area contributed by atoms with Crippen molar-refractivity contribution >= 4 is 5.97 Å². The molecule has 0 aliphatic carbocycles. The number of ether oxygens (including phenoxy) is 1. The van der Waals surface area contributed by atoms with Crippen molar-refractivity contribution in [3.63, 3.8) is 0 Å². The van der Waals surface area contributed by atoms with E-state index in [4.69, 9.17) is 4.74 Å². The summed E-state index contributed by atoms with van der Waals surface area (Å²) in [6.45, 7) is 5.92. The summed E-state index contributed by atoms with van der Waals surface area (Å²) in [6.07, 6.45) is 3.13. The van der Waals surface area contributed by atoms with Crippen molar-refractivity contribution in [2.24, 2.45) is 0 Å². The summed E-state index contributed by atoms with van der Waals surface area (Å²) in [5.74, 6) is -0.0900. The molecule has 0 bridgehead atoms. The summed E-state index contributed by atoms with van der Waals surface area (Å²) < 4.78 is 5.39. The summed E-state index contributed by atoms with van der Waals surface area (Å²) in [4.78, 5) is 11.6. The molecule has 1 aromatic rings. The molecule has 0 amide bonds. The van der Waals surface area contributed by atoms with Gasteiger partial charge in [0, 0.05) is 6.42 Å². The van der Waals surface area contributed by atoms with E-state index in [1.165, 1.54) is 5.56 Å². The molecule has 0 aliphatic heterocycles. The molecule has 2 heteroatoms. The zero-order chi connectivity index (χ0) is 12.7. The lowest BCUT2D eigenvalue weighted by atomic mass is 10.1. The number of esters is 1. The van der Waals surface area contributed by atoms with Crippen LogP contribution in [-0.4, -0.2) is 11.6 Å². The summed E-state index contributed by atoms with van der Waals surface area (Å²) in [5.41, 5.74) is 0.944. The minimum atomic E-state index is -0.330. The van der Waals surface area contributed by atoms with Crippen LogP contribution >= 0.6 is 0 Å². The third kappa shape index (κ3) is 5.53. The Morgan fingerprint density at radius 2 is 1.88 bits per heavy atom. The molecule has 94 valence electrons. The number of rotatable bonds is 6. The van der Waals surface area contributed by atoms with Crippen LogP contribution in [0.4, 0.5) is 0 Å². The molecule has 0 spiro atoms. The molecule has 0 aliphatic rings. The van der Waals surface area contributed by atoms with Gasteiger partial charge < -0.3 is 4.74 Å². The maximum atomic E-state index is 11.6. The monoisotopic (exact) mass is 234 g/mol. The Morgan fingerprint density at radius 3 is 2.47 bits per heavy atom. The highest BCUT2D eigenvalue weighted by Crippen LogP contribution is 2.15. The van der Waals surface area contributed by atoms with Crippen LogP contribution in [0, 0.1) is 0 Å². The van der Waals surface area contributed by atoms with Crippen LogP contribution in [0.15, 0.2) is 30.3 Å². The van der Waals surface area contributed by atoms with Gasteiger partial charge in [0.2, 0.25) is 0 Å². The fourth-order valence-electron chi connectivity index (χ4n) is 1.51. The highest BCUT2D eigenvalue weighted by atomic mass is 16.6. The molecule has 0 aromatic heterocycles. The molecule has 0 heterocycles. The lowest BCUT2D eigenvalue weighted by Gasteiger charge is -2.23. The van der Waals surface area contributed by atoms with Gasteiger partial charge in [-0.3, -0.25) is 4.79 Å². The fourth-order valence-corrected chi connectivity index (χ4v) is 1.51. The molecule has 0 atom stereocenters. The Bertz CT molecular complexity index is 341. The maximum absolute atomic E-state index is 11.6. The van der Waals surface area contributed by atoms with Crippen LogP contribution < -0.4 is 0 Å². The number of benzene rings is 1. The topological polar surface area (TPSA) is 26.3 Å². The van der Waals surface area contributed by atoms with Gasteiger partial charge in [0.25, 0.3) is 0 Å². The molecule has 1 aromatic carbocycles. The molecule has 0 N–H and O–H groups in total. The van der Waals surface area contributed by atoms with E-state index >= 15 is 0 Å². The van der Waals surface area contributed by atoms with Gasteiger partial charge in [-0.1, -0.05) is 37.3 Å². The summed E-state index contributed by atoms with van der Waals surface area (Å²) in [6, 6.07) is 10.2. The number of hydrogen-bond donors (Lipinski definition) is 0. The fraction of sp³-hybridized carbons (Fsp3) is 0.533. The first-order valence-electron chi connectivity index (χ1n) is 6.29. The van der Waals surface area contributed by atoms with Crippen LogP contribution in [-0.2, 0) is 16.0 Å². The molecule has 0 radical (unpaired) electrons. The van der Waals surface area contributed by atoms with Gasteiger partial charge in [-0.25, -0.2) is 0 Å². The Kier molecular flexibility index (Phi) is 5.20. The maximum Gasteiger partial charge on any atom is 0.306 e. The van der Waals surface area contributed by atoms with Crippen LogP contribution in [0.1, 0.15) is 45.6 Å². The van der Waals surface area contributed by atoms with E-state index in [-0.39, 0.29) is 11.6 Å². The van der Waals surface area contributed by atoms with Crippen molar-refractivity contribution in [1.82, 2.24) is 0 Å². The van der Waals surface area contributed by atoms with Gasteiger partial charge in [-0.2, -0.15) is 0 Å². The van der Waals surface area contributed by atoms with E-state index in [1.807, 2.05) is 39.0 Å². The summed E-state index contributed by atoms with van der Waals surface area (Å²) in [5, 5.41) is 0. The van der Waals surface area contributed by atoms with Gasteiger partial charge in [0.15, 0.2) is 0 Å². The third-order valence-corrected chi connectivity index (χ3v) is 2.93. The van der Waals surface area contributed by atoms with E-state index in [1.54, 1.807) is 0 Å². The number of carbonyl (C=O) groups excluding carboxylic acids is 1. The van der Waals surface area contributed by atoms with Crippen molar-refractivity contribution in [3.05, 3.63) is 35.9 Å². The van der Waals surface area contributed by atoms with Crippen molar-refractivity contribution in [3.8, 4) is 0 Å². The zero-order valence-corrected chi connectivity index (χ0v) is 11.0. The van der Waals surface area contributed by atoms with E-state index in [2.05, 4.69) is 12.1 Å². The summed E-state index contributed by atoms with van der Waals surface area (Å²) >= 11 is 0. The Hall–Kier alpha value is -1.31. The predicted octanol–water partition coefficient (Wildman–Crippen LogP) is 3.74. The molecule has 0 fully saturated rings. The lowest BCUT2D eigenvalue weighted by molar-refractivity contribution is -0.156. The Morgan fingerprint density at radius 1 is 1.24 bits per heavy atom. The standard InChI is InChI=1S/C15H22O2/c1-4-15(2,3)17-14(16)12-8-11-13-9-6-5-7-10-13/h5-7,9-10H,4,8,11-12H2,1-3H3. The van der Waals surface area contributed by atoms with E-state index in [0.717, 1.165) is 19.3 Å². The van der Waals surface area contributed by atoms with Crippen LogP contribution in [0.2, 0.25) is 0 Å². The van der Waals surface area contributed by atoms with Crippen molar-refractivity contribution in [2.75, 3.05) is 0 Å². The van der Waals surface area contributed by atoms with E-state index in [0.29, 0.717) is 6.42 Å². The minimum Gasteiger partial charge on any atom is -0.460 e. The van der Waals surface area contributed by atoms with Crippen LogP contribution in [0.3, 0.4) is 0 Å². The Labute approximate surface area is 104 Å². The molecular formula is C15H22O2. The third-order valence-electron chi connectivity index (χ3n) is 2.93. The van der Waals surface area contributed by atoms with Crippen LogP contribution in [0.25, 0.3) is 0 Å². The molecular weight excluding hydrogens is 212 g/mol. The average molecular weight is 234 g/mol. The Balaban J connectivity index is 2.25. The molecule has 17 heavy (non-hydrogen) atoms. The van der Waals surface area contributed by atoms with E-state index in [9.17, 15) is 4.79 Å². The van der Waals surface area contributed by atoms with Gasteiger partial charge >= 0.3 is 5.97 Å². The second-order valence-electron chi connectivity index (χ2n) is 4.93. The molecule has 0 saturated carbocycles. The first-order valence-corrected chi connectivity index (χ1v) is 6.29. The second-order valence-corrected chi connectivity index (χ2v) is 4.93. The quantitative estimate of drug-likeness (QED) is 0.701. The highest BCUT2D eigenvalue weighted by molar-refractivity contribution is 5.69. The largest absolute Gasteiger partial charge is 0.460 e. The van der Waals surface area contributed by atoms with Crippen molar-refractivity contribution in [2.45, 2.75) is 52.1 Å². The molecule has 0 saturated heterocycles. The average Bonchev–Trinajstić information content (AvgIpc) is 2.30. The first-order chi connectivity index (χ1) is 8.03. The summed E-state index contributed by atoms with van der Waals surface area (Å²) in [7, 11) is 0. The lowest BCUT2D eigenvalue weighted by Crippen LogP contribution is -2.26. The van der Waals surface area contributed by atoms with Gasteiger partial charge in [-0.15, -0.1) is 0 Å². The SMILES string of the molecule is CCC(C)(C)OC(=O)CCCc1ccccc1. The van der Waals surface area contributed by atoms with Gasteiger partial charge in [0.1, 0.15) is 5.60 Å². The first kappa shape index (κ1) is 13.8. The van der Waals surface area contributed by atoms with Gasteiger partial charge in [0.05, 0.1) is 0 Å². The normalized spacial score (nSPS) is 11.2. The highest BCUT2D eigenvalue weighted by Gasteiger charge is 2.19. The second kappa shape index (κ2) is 6.43. The van der Waals surface area contributed by atoms with Gasteiger partial charge in [-0.05, 0) is 38.7 Å². The zero-order valence-electron chi connectivity index (χ0n) is 11.0. The van der Waals surface area contributed by atoms with Crippen molar-refractivity contribution < 1.29 is 9.53 Å². The minimum absolute atomic E-state index is 0.0900. The van der Waals surface area contributed by atoms with Crippen molar-refractivity contribution in [1.29, 1.82) is 0 Å². The number of carbonyl (C=O) groups is 1. The predicted molar refractivity (Wildman–Crippen MR) is 69.8 cm³/mol. The van der Waals surface area contributed by atoms with Crippen LogP contribution in [0.5, 0.6) is 0 Å². The number of aryl methyl sites for hydroxylation is 1. The molecule has 1 rings (SSSR count). The smallest absolute Gasteiger partial charge is 0.306 e.